The third-order valence-corrected chi connectivity index (χ3v) is 5.07. The standard InChI is InChI=1S/C23H25NO6/c1-5-11-24-20(14-9-10-17(29-3)18(13-14)30-4)19(22(26)23(24)27)21(25)15-7-6-8-16(12-15)28-2/h6-10,12-13,20,25H,5,11H2,1-4H3/b21-19-. The molecule has 3 rings (SSSR count). The fraction of sp³-hybridized carbons (Fsp3) is 0.304. The predicted octanol–water partition coefficient (Wildman–Crippen LogP) is 3.54. The van der Waals surface area contributed by atoms with Gasteiger partial charge in [0.2, 0.25) is 0 Å². The van der Waals surface area contributed by atoms with Gasteiger partial charge in [-0.05, 0) is 36.2 Å². The zero-order valence-corrected chi connectivity index (χ0v) is 17.5. The minimum atomic E-state index is -0.740. The number of aliphatic hydroxyl groups is 1. The highest BCUT2D eigenvalue weighted by molar-refractivity contribution is 6.46. The molecule has 1 heterocycles. The van der Waals surface area contributed by atoms with Crippen LogP contribution >= 0.6 is 0 Å². The van der Waals surface area contributed by atoms with Crippen molar-refractivity contribution >= 4 is 17.4 Å². The Hall–Kier alpha value is -3.48. The SMILES string of the molecule is CCCN1C(=O)C(=O)/C(=C(\O)c2cccc(OC)c2)C1c1ccc(OC)c(OC)c1. The molecular formula is C23H25NO6. The Bertz CT molecular complexity index is 997. The molecule has 7 nitrogen and oxygen atoms in total. The van der Waals surface area contributed by atoms with Gasteiger partial charge in [-0.1, -0.05) is 25.1 Å². The molecule has 0 aromatic heterocycles. The maximum absolute atomic E-state index is 12.9. The normalized spacial score (nSPS) is 17.9. The minimum Gasteiger partial charge on any atom is -0.507 e. The van der Waals surface area contributed by atoms with Gasteiger partial charge in [0.05, 0.1) is 32.9 Å². The van der Waals surface area contributed by atoms with Gasteiger partial charge < -0.3 is 24.2 Å². The molecule has 1 aliphatic rings. The van der Waals surface area contributed by atoms with Crippen LogP contribution in [0.25, 0.3) is 5.76 Å². The molecule has 1 unspecified atom stereocenters. The molecule has 1 fully saturated rings. The Balaban J connectivity index is 2.21. The van der Waals surface area contributed by atoms with E-state index in [2.05, 4.69) is 0 Å². The third-order valence-electron chi connectivity index (χ3n) is 5.07. The first-order valence-corrected chi connectivity index (χ1v) is 9.61. The van der Waals surface area contributed by atoms with Crippen LogP contribution in [0, 0.1) is 0 Å². The number of hydrogen-bond acceptors (Lipinski definition) is 6. The number of carbonyl (C=O) groups excluding carboxylic acids is 2. The molecule has 1 aliphatic heterocycles. The van der Waals surface area contributed by atoms with Gasteiger partial charge >= 0.3 is 0 Å². The number of ether oxygens (including phenoxy) is 3. The van der Waals surface area contributed by atoms with Crippen molar-refractivity contribution < 1.29 is 28.9 Å². The van der Waals surface area contributed by atoms with Crippen LogP contribution in [0.3, 0.4) is 0 Å². The molecule has 7 heteroatoms. The van der Waals surface area contributed by atoms with E-state index in [1.165, 1.54) is 26.2 Å². The van der Waals surface area contributed by atoms with Gasteiger partial charge in [-0.25, -0.2) is 0 Å². The van der Waals surface area contributed by atoms with Crippen LogP contribution in [0.2, 0.25) is 0 Å². The fourth-order valence-electron chi connectivity index (χ4n) is 3.65. The second-order valence-electron chi connectivity index (χ2n) is 6.84. The Morgan fingerprint density at radius 2 is 1.73 bits per heavy atom. The predicted molar refractivity (Wildman–Crippen MR) is 112 cm³/mol. The van der Waals surface area contributed by atoms with Crippen molar-refractivity contribution in [2.75, 3.05) is 27.9 Å². The Labute approximate surface area is 175 Å². The Kier molecular flexibility index (Phi) is 6.30. The van der Waals surface area contributed by atoms with Crippen LogP contribution in [-0.4, -0.2) is 49.6 Å². The maximum atomic E-state index is 12.9. The molecule has 2 aromatic rings. The average Bonchev–Trinajstić information content (AvgIpc) is 3.03. The summed E-state index contributed by atoms with van der Waals surface area (Å²) in [6.07, 6.45) is 0.663. The van der Waals surface area contributed by atoms with E-state index in [0.29, 0.717) is 41.3 Å². The summed E-state index contributed by atoms with van der Waals surface area (Å²) in [6, 6.07) is 11.2. The molecule has 0 aliphatic carbocycles. The number of hydrogen-bond donors (Lipinski definition) is 1. The second kappa shape index (κ2) is 8.90. The average molecular weight is 411 g/mol. The van der Waals surface area contributed by atoms with E-state index in [1.54, 1.807) is 42.5 Å². The molecule has 0 saturated carbocycles. The number of carbonyl (C=O) groups is 2. The lowest BCUT2D eigenvalue weighted by molar-refractivity contribution is -0.139. The molecule has 1 N–H and O–H groups in total. The van der Waals surface area contributed by atoms with Crippen molar-refractivity contribution in [3.8, 4) is 17.2 Å². The molecule has 30 heavy (non-hydrogen) atoms. The number of methoxy groups -OCH3 is 3. The van der Waals surface area contributed by atoms with Gasteiger partial charge in [-0.3, -0.25) is 9.59 Å². The first kappa shape index (κ1) is 21.2. The van der Waals surface area contributed by atoms with E-state index in [4.69, 9.17) is 14.2 Å². The van der Waals surface area contributed by atoms with Gasteiger partial charge in [0.15, 0.2) is 11.5 Å². The second-order valence-corrected chi connectivity index (χ2v) is 6.84. The molecular weight excluding hydrogens is 386 g/mol. The van der Waals surface area contributed by atoms with Gasteiger partial charge in [0.25, 0.3) is 11.7 Å². The largest absolute Gasteiger partial charge is 0.507 e. The van der Waals surface area contributed by atoms with Crippen molar-refractivity contribution in [2.45, 2.75) is 19.4 Å². The van der Waals surface area contributed by atoms with Crippen molar-refractivity contribution in [1.82, 2.24) is 4.90 Å². The number of likely N-dealkylation sites (tertiary alicyclic amines) is 1. The lowest BCUT2D eigenvalue weighted by Crippen LogP contribution is -2.30. The lowest BCUT2D eigenvalue weighted by Gasteiger charge is -2.25. The lowest BCUT2D eigenvalue weighted by atomic mass is 9.95. The number of amides is 1. The summed E-state index contributed by atoms with van der Waals surface area (Å²) in [4.78, 5) is 27.2. The van der Waals surface area contributed by atoms with Crippen LogP contribution in [0.15, 0.2) is 48.0 Å². The molecule has 1 amide bonds. The smallest absolute Gasteiger partial charge is 0.295 e. The Morgan fingerprint density at radius 1 is 1.00 bits per heavy atom. The zero-order chi connectivity index (χ0) is 21.8. The van der Waals surface area contributed by atoms with Crippen molar-refractivity contribution in [2.24, 2.45) is 0 Å². The van der Waals surface area contributed by atoms with Gasteiger partial charge in [0, 0.05) is 12.1 Å². The third kappa shape index (κ3) is 3.70. The fourth-order valence-corrected chi connectivity index (χ4v) is 3.65. The molecule has 0 bridgehead atoms. The number of rotatable bonds is 7. The van der Waals surface area contributed by atoms with Crippen molar-refractivity contribution in [1.29, 1.82) is 0 Å². The summed E-state index contributed by atoms with van der Waals surface area (Å²) in [5.41, 5.74) is 1.08. The Morgan fingerprint density at radius 3 is 2.37 bits per heavy atom. The first-order valence-electron chi connectivity index (χ1n) is 9.61. The van der Waals surface area contributed by atoms with Crippen LogP contribution < -0.4 is 14.2 Å². The van der Waals surface area contributed by atoms with Gasteiger partial charge in [-0.15, -0.1) is 0 Å². The minimum absolute atomic E-state index is 0.0360. The van der Waals surface area contributed by atoms with E-state index in [-0.39, 0.29) is 11.3 Å². The van der Waals surface area contributed by atoms with Gasteiger partial charge in [-0.2, -0.15) is 0 Å². The molecule has 158 valence electrons. The van der Waals surface area contributed by atoms with Crippen LogP contribution in [-0.2, 0) is 9.59 Å². The number of Topliss-reactive ketones (excluding diaryl/α,β-unsaturated/α-hetero) is 1. The zero-order valence-electron chi connectivity index (χ0n) is 17.5. The van der Waals surface area contributed by atoms with Crippen LogP contribution in [0.1, 0.15) is 30.5 Å². The monoisotopic (exact) mass is 411 g/mol. The maximum Gasteiger partial charge on any atom is 0.295 e. The van der Waals surface area contributed by atoms with Crippen LogP contribution in [0.4, 0.5) is 0 Å². The number of ketones is 1. The summed E-state index contributed by atoms with van der Waals surface area (Å²) in [7, 11) is 4.56. The highest BCUT2D eigenvalue weighted by Gasteiger charge is 2.45. The summed E-state index contributed by atoms with van der Waals surface area (Å²) < 4.78 is 15.9. The number of aliphatic hydroxyl groups excluding tert-OH is 1. The van der Waals surface area contributed by atoms with Gasteiger partial charge in [0.1, 0.15) is 11.5 Å². The molecule has 2 aromatic carbocycles. The molecule has 0 spiro atoms. The highest BCUT2D eigenvalue weighted by Crippen LogP contribution is 2.42. The first-order chi connectivity index (χ1) is 14.5. The summed E-state index contributed by atoms with van der Waals surface area (Å²) in [5.74, 6) is -0.0697. The topological polar surface area (TPSA) is 85.3 Å². The van der Waals surface area contributed by atoms with Crippen molar-refractivity contribution in [3.05, 3.63) is 59.2 Å². The highest BCUT2D eigenvalue weighted by atomic mass is 16.5. The van der Waals surface area contributed by atoms with E-state index in [1.807, 2.05) is 6.92 Å². The van der Waals surface area contributed by atoms with E-state index < -0.39 is 17.7 Å². The summed E-state index contributed by atoms with van der Waals surface area (Å²) >= 11 is 0. The van der Waals surface area contributed by atoms with E-state index in [0.717, 1.165) is 0 Å². The number of nitrogens with zero attached hydrogens (tertiary/aromatic N) is 1. The summed E-state index contributed by atoms with van der Waals surface area (Å²) in [6.45, 7) is 2.30. The van der Waals surface area contributed by atoms with Crippen molar-refractivity contribution in [3.63, 3.8) is 0 Å². The quantitative estimate of drug-likeness (QED) is 0.426. The van der Waals surface area contributed by atoms with Crippen LogP contribution in [0.5, 0.6) is 17.2 Å². The number of benzene rings is 2. The van der Waals surface area contributed by atoms with E-state index >= 15 is 0 Å². The molecule has 1 atom stereocenters. The summed E-state index contributed by atoms with van der Waals surface area (Å²) in [5, 5.41) is 11.0. The van der Waals surface area contributed by atoms with E-state index in [9.17, 15) is 14.7 Å². The molecule has 0 radical (unpaired) electrons. The molecule has 1 saturated heterocycles.